The number of nitrogens with zero attached hydrogens (tertiary/aromatic N) is 6. The molecular formula is C16H19N9O5. The summed E-state index contributed by atoms with van der Waals surface area (Å²) in [7, 11) is 2.93. The summed E-state index contributed by atoms with van der Waals surface area (Å²) in [6.07, 6.45) is 2.78. The number of aryl methyl sites for hydroxylation is 2. The van der Waals surface area contributed by atoms with E-state index in [-0.39, 0.29) is 17.3 Å². The van der Waals surface area contributed by atoms with Gasteiger partial charge in [0.15, 0.2) is 0 Å². The number of aromatic nitrogens is 6. The minimum atomic E-state index is -0.875. The molecule has 2 amide bonds. The van der Waals surface area contributed by atoms with Crippen LogP contribution in [0.1, 0.15) is 33.6 Å². The Morgan fingerprint density at radius 3 is 2.47 bits per heavy atom. The normalized spacial score (nSPS) is 10.7. The maximum Gasteiger partial charge on any atom is 0.362 e. The number of hydrogen-bond donors (Lipinski definition) is 3. The van der Waals surface area contributed by atoms with Crippen molar-refractivity contribution in [2.75, 3.05) is 17.7 Å². The van der Waals surface area contributed by atoms with E-state index in [1.54, 1.807) is 25.6 Å². The highest BCUT2D eigenvalue weighted by Gasteiger charge is 2.31. The summed E-state index contributed by atoms with van der Waals surface area (Å²) >= 11 is 0. The van der Waals surface area contributed by atoms with Crippen molar-refractivity contribution in [3.8, 4) is 5.88 Å². The highest BCUT2D eigenvalue weighted by molar-refractivity contribution is 6.12. The molecule has 3 heterocycles. The van der Waals surface area contributed by atoms with Gasteiger partial charge < -0.3 is 15.4 Å². The molecule has 14 heteroatoms. The van der Waals surface area contributed by atoms with E-state index in [1.165, 1.54) is 24.2 Å². The number of hydrogen-bond acceptors (Lipinski definition) is 8. The van der Waals surface area contributed by atoms with E-state index in [2.05, 4.69) is 31.0 Å². The Morgan fingerprint density at radius 1 is 1.23 bits per heavy atom. The van der Waals surface area contributed by atoms with Gasteiger partial charge in [0.2, 0.25) is 5.69 Å². The third-order valence-corrected chi connectivity index (χ3v) is 4.40. The molecule has 0 saturated carbocycles. The molecule has 14 nitrogen and oxygen atoms in total. The lowest BCUT2D eigenvalue weighted by atomic mass is 10.2. The largest absolute Gasteiger partial charge is 0.475 e. The van der Waals surface area contributed by atoms with Crippen molar-refractivity contribution >= 4 is 28.9 Å². The maximum atomic E-state index is 12.9. The molecule has 0 aliphatic carbocycles. The molecule has 0 aromatic carbocycles. The van der Waals surface area contributed by atoms with Gasteiger partial charge in [0.25, 0.3) is 11.8 Å². The van der Waals surface area contributed by atoms with Crippen molar-refractivity contribution in [1.29, 1.82) is 0 Å². The molecule has 30 heavy (non-hydrogen) atoms. The number of aromatic amines is 1. The van der Waals surface area contributed by atoms with E-state index in [9.17, 15) is 19.7 Å². The lowest BCUT2D eigenvalue weighted by Crippen LogP contribution is -2.21. The minimum Gasteiger partial charge on any atom is -0.475 e. The molecule has 0 radical (unpaired) electrons. The molecule has 0 saturated heterocycles. The molecule has 0 atom stereocenters. The highest BCUT2D eigenvalue weighted by atomic mass is 16.6. The highest BCUT2D eigenvalue weighted by Crippen LogP contribution is 2.29. The van der Waals surface area contributed by atoms with Crippen LogP contribution in [0.3, 0.4) is 0 Å². The Bertz CT molecular complexity index is 1130. The van der Waals surface area contributed by atoms with E-state index in [0.717, 1.165) is 5.69 Å². The van der Waals surface area contributed by atoms with Crippen LogP contribution in [0.15, 0.2) is 12.4 Å². The molecule has 0 aliphatic heterocycles. The van der Waals surface area contributed by atoms with Gasteiger partial charge in [-0.2, -0.15) is 10.2 Å². The van der Waals surface area contributed by atoms with Gasteiger partial charge in [-0.25, -0.2) is 0 Å². The molecule has 3 N–H and O–H groups in total. The number of carbonyl (C=O) groups excluding carboxylic acids is 2. The van der Waals surface area contributed by atoms with Crippen LogP contribution < -0.4 is 15.4 Å². The second-order valence-electron chi connectivity index (χ2n) is 6.11. The Hall–Kier alpha value is -4.23. The second-order valence-corrected chi connectivity index (χ2v) is 6.11. The predicted molar refractivity (Wildman–Crippen MR) is 104 cm³/mol. The first-order valence-electron chi connectivity index (χ1n) is 8.72. The van der Waals surface area contributed by atoms with Crippen LogP contribution in [-0.4, -0.2) is 53.6 Å². The van der Waals surface area contributed by atoms with Crippen LogP contribution in [-0.2, 0) is 13.6 Å². The van der Waals surface area contributed by atoms with Crippen LogP contribution in [0.4, 0.5) is 17.1 Å². The number of nitro groups is 1. The van der Waals surface area contributed by atoms with Crippen molar-refractivity contribution in [3.05, 3.63) is 39.6 Å². The first-order chi connectivity index (χ1) is 14.3. The summed E-state index contributed by atoms with van der Waals surface area (Å²) in [5.41, 5.74) is 0.340. The van der Waals surface area contributed by atoms with Gasteiger partial charge in [0.05, 0.1) is 41.5 Å². The van der Waals surface area contributed by atoms with Crippen molar-refractivity contribution in [3.63, 3.8) is 0 Å². The number of methoxy groups -OCH3 is 1. The van der Waals surface area contributed by atoms with Crippen LogP contribution in [0.5, 0.6) is 5.88 Å². The third kappa shape index (κ3) is 3.57. The minimum absolute atomic E-state index is 0.0724. The molecule has 158 valence electrons. The van der Waals surface area contributed by atoms with Gasteiger partial charge in [0.1, 0.15) is 5.69 Å². The van der Waals surface area contributed by atoms with Crippen molar-refractivity contribution < 1.29 is 19.2 Å². The lowest BCUT2D eigenvalue weighted by Gasteiger charge is -2.09. The van der Waals surface area contributed by atoms with Gasteiger partial charge in [-0.3, -0.25) is 34.2 Å². The first kappa shape index (κ1) is 20.5. The van der Waals surface area contributed by atoms with E-state index in [0.29, 0.717) is 12.2 Å². The number of amides is 2. The first-order valence-corrected chi connectivity index (χ1v) is 8.72. The van der Waals surface area contributed by atoms with Crippen molar-refractivity contribution in [2.45, 2.75) is 20.4 Å². The average Bonchev–Trinajstić information content (AvgIpc) is 3.40. The lowest BCUT2D eigenvalue weighted by molar-refractivity contribution is -0.386. The number of rotatable bonds is 7. The summed E-state index contributed by atoms with van der Waals surface area (Å²) in [4.78, 5) is 36.0. The summed E-state index contributed by atoms with van der Waals surface area (Å²) in [5.74, 6) is -1.74. The number of H-pyrrole nitrogens is 1. The maximum absolute atomic E-state index is 12.9. The fourth-order valence-electron chi connectivity index (χ4n) is 2.73. The summed E-state index contributed by atoms with van der Waals surface area (Å²) in [6, 6.07) is 0. The fourth-order valence-corrected chi connectivity index (χ4v) is 2.73. The topological polar surface area (TPSA) is 175 Å². The van der Waals surface area contributed by atoms with Crippen LogP contribution in [0.25, 0.3) is 0 Å². The third-order valence-electron chi connectivity index (χ3n) is 4.40. The fraction of sp³-hybridized carbons (Fsp3) is 0.312. The zero-order valence-corrected chi connectivity index (χ0v) is 16.6. The van der Waals surface area contributed by atoms with Crippen LogP contribution >= 0.6 is 0 Å². The Balaban J connectivity index is 1.91. The Kier molecular flexibility index (Phi) is 5.48. The number of ether oxygens (including phenoxy) is 1. The molecule has 3 aromatic heterocycles. The molecule has 0 fully saturated rings. The predicted octanol–water partition coefficient (Wildman–Crippen LogP) is 1.09. The smallest absolute Gasteiger partial charge is 0.362 e. The van der Waals surface area contributed by atoms with E-state index >= 15 is 0 Å². The van der Waals surface area contributed by atoms with E-state index < -0.39 is 28.1 Å². The molecule has 0 unspecified atom stereocenters. The summed E-state index contributed by atoms with van der Waals surface area (Å²) in [5, 5.41) is 30.5. The molecular weight excluding hydrogens is 398 g/mol. The van der Waals surface area contributed by atoms with Crippen LogP contribution in [0.2, 0.25) is 0 Å². The summed E-state index contributed by atoms with van der Waals surface area (Å²) in [6.45, 7) is 3.91. The molecule has 3 rings (SSSR count). The van der Waals surface area contributed by atoms with E-state index in [1.807, 2.05) is 0 Å². The van der Waals surface area contributed by atoms with Gasteiger partial charge in [-0.05, 0) is 13.8 Å². The quantitative estimate of drug-likeness (QED) is 0.378. The van der Waals surface area contributed by atoms with Gasteiger partial charge in [-0.1, -0.05) is 0 Å². The molecule has 0 aliphatic rings. The Morgan fingerprint density at radius 2 is 1.90 bits per heavy atom. The molecule has 3 aromatic rings. The van der Waals surface area contributed by atoms with Gasteiger partial charge in [0, 0.05) is 13.6 Å². The van der Waals surface area contributed by atoms with Crippen molar-refractivity contribution in [1.82, 2.24) is 29.8 Å². The molecule has 0 spiro atoms. The molecule has 0 bridgehead atoms. The number of anilines is 2. The van der Waals surface area contributed by atoms with Gasteiger partial charge in [-0.15, -0.1) is 5.10 Å². The average molecular weight is 417 g/mol. The monoisotopic (exact) mass is 417 g/mol. The number of nitrogens with one attached hydrogen (secondary N) is 3. The SMILES string of the molecule is CCn1ncc(NC(=O)c2[nH]nc(OC)c2[N+](=O)[O-])c1C(=O)Nc1cnn(C)c1C. The second kappa shape index (κ2) is 8.02. The van der Waals surface area contributed by atoms with Gasteiger partial charge >= 0.3 is 11.6 Å². The Labute approximate surface area is 169 Å². The zero-order chi connectivity index (χ0) is 22.0. The summed E-state index contributed by atoms with van der Waals surface area (Å²) < 4.78 is 7.78. The zero-order valence-electron chi connectivity index (χ0n) is 16.6. The number of carbonyl (C=O) groups is 2. The van der Waals surface area contributed by atoms with E-state index in [4.69, 9.17) is 4.74 Å². The standard InChI is InChI=1S/C16H19N9O5/c1-5-24-12(15(27)19-9-6-17-23(3)8(9)2)10(7-18-24)20-14(26)11-13(25(28)29)16(30-4)22-21-11/h6-7H,5H2,1-4H3,(H,19,27)(H,20,26)(H,21,22). The van der Waals surface area contributed by atoms with Crippen molar-refractivity contribution in [2.24, 2.45) is 7.05 Å². The van der Waals surface area contributed by atoms with Crippen LogP contribution in [0, 0.1) is 17.0 Å².